The summed E-state index contributed by atoms with van der Waals surface area (Å²) in [6.07, 6.45) is 1.17. The number of nitriles is 1. The Kier molecular flexibility index (Phi) is 3.27. The largest absolute Gasteiger partial charge is 0.534 e. The molecule has 0 bridgehead atoms. The molecule has 2 rings (SSSR count). The van der Waals surface area contributed by atoms with E-state index in [4.69, 9.17) is 5.26 Å². The van der Waals surface area contributed by atoms with Gasteiger partial charge in [-0.25, -0.2) is 0 Å². The van der Waals surface area contributed by atoms with Crippen LogP contribution in [-0.4, -0.2) is 18.9 Å². The molecule has 0 atom stereocenters. The van der Waals surface area contributed by atoms with Gasteiger partial charge in [-0.05, 0) is 12.1 Å². The first kappa shape index (κ1) is 14.1. The Morgan fingerprint density at radius 2 is 1.95 bits per heavy atom. The molecule has 0 radical (unpaired) electrons. The molecule has 1 aromatic carbocycles. The summed E-state index contributed by atoms with van der Waals surface area (Å²) >= 11 is 0. The highest BCUT2D eigenvalue weighted by Gasteiger charge is 2.48. The van der Waals surface area contributed by atoms with Gasteiger partial charge in [-0.1, -0.05) is 12.1 Å². The Bertz CT molecular complexity index is 810. The van der Waals surface area contributed by atoms with Gasteiger partial charge in [0, 0.05) is 11.6 Å². The van der Waals surface area contributed by atoms with Crippen molar-refractivity contribution in [3.8, 4) is 11.8 Å². The Morgan fingerprint density at radius 1 is 1.25 bits per heavy atom. The Labute approximate surface area is 111 Å². The van der Waals surface area contributed by atoms with E-state index < -0.39 is 21.4 Å². The number of alkyl halides is 3. The van der Waals surface area contributed by atoms with Crippen LogP contribution in [0.25, 0.3) is 10.9 Å². The molecule has 0 amide bonds. The maximum absolute atomic E-state index is 12.3. The smallest absolute Gasteiger partial charge is 0.374 e. The lowest BCUT2D eigenvalue weighted by atomic mass is 10.1. The quantitative estimate of drug-likeness (QED) is 0.628. The second-order valence-electron chi connectivity index (χ2n) is 3.61. The van der Waals surface area contributed by atoms with Crippen molar-refractivity contribution >= 4 is 21.0 Å². The molecular formula is C11H5F3N2O3S. The second-order valence-corrected chi connectivity index (χ2v) is 5.14. The fraction of sp³-hybridized carbons (Fsp3) is 0.0909. The summed E-state index contributed by atoms with van der Waals surface area (Å²) in [5, 5.41) is 9.07. The minimum Gasteiger partial charge on any atom is -0.374 e. The highest BCUT2D eigenvalue weighted by atomic mass is 32.2. The standard InChI is InChI=1S/C11H5F3N2O3S/c12-11(13,14)20(17,18)19-9-3-1-2-8-7(6-15)4-5-16-10(8)9/h1-5H. The first-order valence-corrected chi connectivity index (χ1v) is 6.45. The summed E-state index contributed by atoms with van der Waals surface area (Å²) in [5.74, 6) is -0.586. The molecule has 0 saturated carbocycles. The Balaban J connectivity index is 2.61. The summed E-state index contributed by atoms with van der Waals surface area (Å²) in [7, 11) is -5.78. The van der Waals surface area contributed by atoms with Crippen LogP contribution in [0, 0.1) is 11.3 Å². The number of rotatable bonds is 2. The molecule has 1 heterocycles. The number of pyridine rings is 1. The number of aromatic nitrogens is 1. The third-order valence-electron chi connectivity index (χ3n) is 2.34. The number of hydrogen-bond donors (Lipinski definition) is 0. The molecule has 0 aliphatic rings. The number of nitrogens with zero attached hydrogens (tertiary/aromatic N) is 2. The van der Waals surface area contributed by atoms with Crippen LogP contribution >= 0.6 is 0 Å². The van der Waals surface area contributed by atoms with E-state index >= 15 is 0 Å². The van der Waals surface area contributed by atoms with Gasteiger partial charge in [0.25, 0.3) is 0 Å². The van der Waals surface area contributed by atoms with Crippen LogP contribution in [0.2, 0.25) is 0 Å². The van der Waals surface area contributed by atoms with Gasteiger partial charge >= 0.3 is 15.6 Å². The Morgan fingerprint density at radius 3 is 2.55 bits per heavy atom. The molecular weight excluding hydrogens is 297 g/mol. The topological polar surface area (TPSA) is 80.0 Å². The normalized spacial score (nSPS) is 12.1. The predicted octanol–water partition coefficient (Wildman–Crippen LogP) is 2.33. The van der Waals surface area contributed by atoms with Crippen LogP contribution in [0.4, 0.5) is 13.2 Å². The van der Waals surface area contributed by atoms with E-state index in [0.717, 1.165) is 6.07 Å². The van der Waals surface area contributed by atoms with Crippen molar-refractivity contribution in [2.24, 2.45) is 0 Å². The van der Waals surface area contributed by atoms with Crippen LogP contribution in [0.5, 0.6) is 5.75 Å². The SMILES string of the molecule is N#Cc1ccnc2c(OS(=O)(=O)C(F)(F)F)cccc12. The molecule has 2 aromatic rings. The molecule has 0 saturated heterocycles. The molecule has 0 N–H and O–H groups in total. The van der Waals surface area contributed by atoms with Crippen LogP contribution in [0.3, 0.4) is 0 Å². The van der Waals surface area contributed by atoms with Gasteiger partial charge in [-0.15, -0.1) is 0 Å². The zero-order valence-electron chi connectivity index (χ0n) is 9.55. The zero-order valence-corrected chi connectivity index (χ0v) is 10.4. The van der Waals surface area contributed by atoms with E-state index in [2.05, 4.69) is 9.17 Å². The van der Waals surface area contributed by atoms with Gasteiger partial charge in [0.1, 0.15) is 5.52 Å². The summed E-state index contributed by atoms with van der Waals surface area (Å²) in [6.45, 7) is 0. The summed E-state index contributed by atoms with van der Waals surface area (Å²) < 4.78 is 62.9. The zero-order chi connectivity index (χ0) is 15.0. The first-order valence-electron chi connectivity index (χ1n) is 5.05. The van der Waals surface area contributed by atoms with Crippen LogP contribution in [0.1, 0.15) is 5.56 Å². The third-order valence-corrected chi connectivity index (χ3v) is 3.30. The van der Waals surface area contributed by atoms with E-state index in [1.165, 1.54) is 24.4 Å². The third kappa shape index (κ3) is 2.37. The molecule has 0 unspecified atom stereocenters. The van der Waals surface area contributed by atoms with E-state index in [9.17, 15) is 21.6 Å². The van der Waals surface area contributed by atoms with E-state index in [1.807, 2.05) is 6.07 Å². The minimum absolute atomic E-state index is 0.139. The molecule has 0 spiro atoms. The predicted molar refractivity (Wildman–Crippen MR) is 62.1 cm³/mol. The van der Waals surface area contributed by atoms with E-state index in [0.29, 0.717) is 0 Å². The fourth-order valence-electron chi connectivity index (χ4n) is 1.48. The number of halogens is 3. The maximum atomic E-state index is 12.3. The molecule has 0 aliphatic carbocycles. The number of fused-ring (bicyclic) bond motifs is 1. The van der Waals surface area contributed by atoms with Gasteiger partial charge in [-0.2, -0.15) is 26.9 Å². The number of benzene rings is 1. The highest BCUT2D eigenvalue weighted by Crippen LogP contribution is 2.31. The van der Waals surface area contributed by atoms with Crippen LogP contribution in [0.15, 0.2) is 30.5 Å². The first-order chi connectivity index (χ1) is 9.26. The van der Waals surface area contributed by atoms with Gasteiger partial charge in [0.2, 0.25) is 0 Å². The van der Waals surface area contributed by atoms with Crippen LogP contribution in [-0.2, 0) is 10.1 Å². The van der Waals surface area contributed by atoms with Crippen molar-refractivity contribution in [1.29, 1.82) is 5.26 Å². The lowest BCUT2D eigenvalue weighted by Crippen LogP contribution is -2.28. The summed E-state index contributed by atoms with van der Waals surface area (Å²) in [4.78, 5) is 3.75. The Hall–Kier alpha value is -2.34. The van der Waals surface area contributed by atoms with Gasteiger partial charge in [0.05, 0.1) is 11.6 Å². The summed E-state index contributed by atoms with van der Waals surface area (Å²) in [5.41, 5.74) is -5.54. The molecule has 1 aromatic heterocycles. The minimum atomic E-state index is -5.78. The van der Waals surface area contributed by atoms with E-state index in [1.54, 1.807) is 0 Å². The number of hydrogen-bond acceptors (Lipinski definition) is 5. The molecule has 9 heteroatoms. The second kappa shape index (κ2) is 4.64. The van der Waals surface area contributed by atoms with Crippen molar-refractivity contribution in [2.45, 2.75) is 5.51 Å². The molecule has 5 nitrogen and oxygen atoms in total. The molecule has 0 fully saturated rings. The van der Waals surface area contributed by atoms with Crippen molar-refractivity contribution in [3.05, 3.63) is 36.0 Å². The van der Waals surface area contributed by atoms with Crippen molar-refractivity contribution < 1.29 is 25.8 Å². The maximum Gasteiger partial charge on any atom is 0.534 e. The van der Waals surface area contributed by atoms with Gasteiger partial charge < -0.3 is 4.18 Å². The highest BCUT2D eigenvalue weighted by molar-refractivity contribution is 7.88. The van der Waals surface area contributed by atoms with Crippen molar-refractivity contribution in [2.75, 3.05) is 0 Å². The lowest BCUT2D eigenvalue weighted by Gasteiger charge is -2.11. The average molecular weight is 302 g/mol. The fourth-order valence-corrected chi connectivity index (χ4v) is 1.94. The molecule has 0 aliphatic heterocycles. The van der Waals surface area contributed by atoms with Crippen LogP contribution < -0.4 is 4.18 Å². The summed E-state index contributed by atoms with van der Waals surface area (Å²) in [6, 6.07) is 6.90. The molecule has 20 heavy (non-hydrogen) atoms. The lowest BCUT2D eigenvalue weighted by molar-refractivity contribution is -0.0499. The average Bonchev–Trinajstić information content (AvgIpc) is 2.36. The van der Waals surface area contributed by atoms with Crippen molar-refractivity contribution in [1.82, 2.24) is 4.98 Å². The van der Waals surface area contributed by atoms with Gasteiger partial charge in [0.15, 0.2) is 5.75 Å². The van der Waals surface area contributed by atoms with E-state index in [-0.39, 0.29) is 16.5 Å². The van der Waals surface area contributed by atoms with Crippen molar-refractivity contribution in [3.63, 3.8) is 0 Å². The monoisotopic (exact) mass is 302 g/mol. The number of para-hydroxylation sites is 1. The molecule has 104 valence electrons. The van der Waals surface area contributed by atoms with Gasteiger partial charge in [-0.3, -0.25) is 4.98 Å².